The molecule has 0 N–H and O–H groups in total. The number of allylic oxidation sites excluding steroid dienone is 1. The molecule has 1 saturated heterocycles. The number of ether oxygens (including phenoxy) is 1. The van der Waals surface area contributed by atoms with Crippen molar-refractivity contribution in [3.8, 4) is 6.07 Å². The third-order valence-corrected chi connectivity index (χ3v) is 3.54. The van der Waals surface area contributed by atoms with Gasteiger partial charge in [0.2, 0.25) is 0 Å². The van der Waals surface area contributed by atoms with Gasteiger partial charge in [-0.2, -0.15) is 5.26 Å². The first-order chi connectivity index (χ1) is 10.9. The van der Waals surface area contributed by atoms with Crippen molar-refractivity contribution in [1.82, 2.24) is 4.90 Å². The number of nitrogens with zero attached hydrogens (tertiary/aromatic N) is 3. The van der Waals surface area contributed by atoms with Crippen molar-refractivity contribution < 1.29 is 9.53 Å². The second kappa shape index (κ2) is 7.19. The van der Waals surface area contributed by atoms with Crippen LogP contribution >= 0.6 is 0 Å². The molecule has 5 heteroatoms. The van der Waals surface area contributed by atoms with Crippen LogP contribution in [-0.4, -0.2) is 42.8 Å². The fourth-order valence-electron chi connectivity index (χ4n) is 2.40. The summed E-state index contributed by atoms with van der Waals surface area (Å²) in [5, 5.41) is 8.54. The van der Waals surface area contributed by atoms with Gasteiger partial charge in [-0.1, -0.05) is 12.1 Å². The molecular weight excluding hydrogens is 290 g/mol. The topological polar surface area (TPSA) is 56.6 Å². The van der Waals surface area contributed by atoms with E-state index in [2.05, 4.69) is 4.90 Å². The lowest BCUT2D eigenvalue weighted by molar-refractivity contribution is 0.0240. The Morgan fingerprint density at radius 1 is 1.17 bits per heavy atom. The summed E-state index contributed by atoms with van der Waals surface area (Å²) in [6.07, 6.45) is 3.01. The van der Waals surface area contributed by atoms with Crippen molar-refractivity contribution in [3.63, 3.8) is 0 Å². The Hall–Kier alpha value is -2.48. The maximum atomic E-state index is 12.1. The molecule has 23 heavy (non-hydrogen) atoms. The first kappa shape index (κ1) is 16.9. The van der Waals surface area contributed by atoms with Gasteiger partial charge in [-0.15, -0.1) is 0 Å². The van der Waals surface area contributed by atoms with Crippen molar-refractivity contribution in [2.45, 2.75) is 26.4 Å². The van der Waals surface area contributed by atoms with Crippen LogP contribution in [0.25, 0.3) is 6.08 Å². The molecule has 0 spiro atoms. The lowest BCUT2D eigenvalue weighted by atomic mass is 10.1. The van der Waals surface area contributed by atoms with Gasteiger partial charge in [-0.05, 0) is 44.5 Å². The van der Waals surface area contributed by atoms with Crippen LogP contribution in [0.3, 0.4) is 0 Å². The number of carbonyl (C=O) groups is 1. The summed E-state index contributed by atoms with van der Waals surface area (Å²) < 4.78 is 5.41. The third-order valence-electron chi connectivity index (χ3n) is 3.54. The van der Waals surface area contributed by atoms with Crippen molar-refractivity contribution in [1.29, 1.82) is 5.26 Å². The molecule has 0 radical (unpaired) electrons. The van der Waals surface area contributed by atoms with E-state index >= 15 is 0 Å². The van der Waals surface area contributed by atoms with Crippen LogP contribution in [0, 0.1) is 11.3 Å². The fraction of sp³-hybridized carbons (Fsp3) is 0.444. The van der Waals surface area contributed by atoms with E-state index in [-0.39, 0.29) is 6.09 Å². The largest absolute Gasteiger partial charge is 0.444 e. The normalized spacial score (nSPS) is 15.6. The van der Waals surface area contributed by atoms with Gasteiger partial charge in [0.1, 0.15) is 5.60 Å². The van der Waals surface area contributed by atoms with Crippen LogP contribution in [-0.2, 0) is 4.74 Å². The van der Waals surface area contributed by atoms with E-state index in [1.165, 1.54) is 6.08 Å². The maximum absolute atomic E-state index is 12.1. The molecule has 1 aromatic carbocycles. The summed E-state index contributed by atoms with van der Waals surface area (Å²) in [6, 6.07) is 10.0. The molecular formula is C18H23N3O2. The van der Waals surface area contributed by atoms with Gasteiger partial charge in [-0.3, -0.25) is 0 Å². The van der Waals surface area contributed by atoms with Gasteiger partial charge in [0.05, 0.1) is 6.07 Å². The van der Waals surface area contributed by atoms with Gasteiger partial charge in [0.25, 0.3) is 0 Å². The number of hydrogen-bond donors (Lipinski definition) is 0. The number of amides is 1. The molecule has 1 fully saturated rings. The Morgan fingerprint density at radius 3 is 2.30 bits per heavy atom. The monoisotopic (exact) mass is 313 g/mol. The highest BCUT2D eigenvalue weighted by atomic mass is 16.6. The average Bonchev–Trinajstić information content (AvgIpc) is 2.52. The summed E-state index contributed by atoms with van der Waals surface area (Å²) in [7, 11) is 0. The highest BCUT2D eigenvalue weighted by Crippen LogP contribution is 2.19. The predicted octanol–water partition coefficient (Wildman–Crippen LogP) is 3.28. The van der Waals surface area contributed by atoms with Gasteiger partial charge in [-0.25, -0.2) is 4.79 Å². The first-order valence-corrected chi connectivity index (χ1v) is 7.78. The van der Waals surface area contributed by atoms with Crippen LogP contribution in [0.1, 0.15) is 26.3 Å². The Kier molecular flexibility index (Phi) is 5.28. The molecule has 1 heterocycles. The summed E-state index contributed by atoms with van der Waals surface area (Å²) in [4.78, 5) is 16.1. The first-order valence-electron chi connectivity index (χ1n) is 7.78. The molecule has 0 bridgehead atoms. The minimum absolute atomic E-state index is 0.242. The van der Waals surface area contributed by atoms with Crippen LogP contribution in [0.15, 0.2) is 30.3 Å². The number of rotatable bonds is 2. The number of nitriles is 1. The Labute approximate surface area is 137 Å². The molecule has 0 saturated carbocycles. The Balaban J connectivity index is 1.90. The molecule has 0 atom stereocenters. The molecule has 0 aromatic heterocycles. The summed E-state index contributed by atoms with van der Waals surface area (Å²) in [6.45, 7) is 8.52. The molecule has 1 amide bonds. The second-order valence-electron chi connectivity index (χ2n) is 6.51. The minimum atomic E-state index is -0.457. The lowest BCUT2D eigenvalue weighted by Gasteiger charge is -2.36. The van der Waals surface area contributed by atoms with E-state index in [1.54, 1.807) is 11.0 Å². The molecule has 5 nitrogen and oxygen atoms in total. The Morgan fingerprint density at radius 2 is 1.78 bits per heavy atom. The lowest BCUT2D eigenvalue weighted by Crippen LogP contribution is -2.50. The van der Waals surface area contributed by atoms with E-state index in [4.69, 9.17) is 10.00 Å². The zero-order valence-electron chi connectivity index (χ0n) is 14.0. The van der Waals surface area contributed by atoms with E-state index < -0.39 is 5.60 Å². The molecule has 1 aliphatic heterocycles. The van der Waals surface area contributed by atoms with Crippen LogP contribution in [0.5, 0.6) is 0 Å². The van der Waals surface area contributed by atoms with Gasteiger partial charge in [0, 0.05) is 37.9 Å². The second-order valence-corrected chi connectivity index (χ2v) is 6.51. The minimum Gasteiger partial charge on any atom is -0.444 e. The maximum Gasteiger partial charge on any atom is 0.410 e. The van der Waals surface area contributed by atoms with Crippen LogP contribution in [0.4, 0.5) is 10.5 Å². The average molecular weight is 313 g/mol. The quantitative estimate of drug-likeness (QED) is 0.786. The van der Waals surface area contributed by atoms with Crippen LogP contribution in [0.2, 0.25) is 0 Å². The van der Waals surface area contributed by atoms with E-state index in [0.29, 0.717) is 13.1 Å². The molecule has 0 aliphatic carbocycles. The molecule has 122 valence electrons. The summed E-state index contributed by atoms with van der Waals surface area (Å²) >= 11 is 0. The number of hydrogen-bond acceptors (Lipinski definition) is 4. The molecule has 0 unspecified atom stereocenters. The molecule has 1 aliphatic rings. The van der Waals surface area contributed by atoms with Gasteiger partial charge >= 0.3 is 6.09 Å². The number of piperazine rings is 1. The highest BCUT2D eigenvalue weighted by Gasteiger charge is 2.25. The molecule has 2 rings (SSSR count). The summed E-state index contributed by atoms with van der Waals surface area (Å²) in [5.41, 5.74) is 1.67. The fourth-order valence-corrected chi connectivity index (χ4v) is 2.40. The Bertz CT molecular complexity index is 601. The van der Waals surface area contributed by atoms with E-state index in [1.807, 2.05) is 51.1 Å². The zero-order valence-corrected chi connectivity index (χ0v) is 14.0. The van der Waals surface area contributed by atoms with E-state index in [0.717, 1.165) is 24.3 Å². The summed E-state index contributed by atoms with van der Waals surface area (Å²) in [5.74, 6) is 0. The van der Waals surface area contributed by atoms with Gasteiger partial charge in [0.15, 0.2) is 0 Å². The smallest absolute Gasteiger partial charge is 0.410 e. The van der Waals surface area contributed by atoms with Crippen molar-refractivity contribution in [3.05, 3.63) is 35.9 Å². The predicted molar refractivity (Wildman–Crippen MR) is 91.1 cm³/mol. The van der Waals surface area contributed by atoms with Crippen molar-refractivity contribution >= 4 is 17.9 Å². The number of benzene rings is 1. The van der Waals surface area contributed by atoms with Crippen LogP contribution < -0.4 is 4.90 Å². The van der Waals surface area contributed by atoms with Crippen molar-refractivity contribution in [2.24, 2.45) is 0 Å². The molecule has 1 aromatic rings. The SMILES string of the molecule is CC(C)(C)OC(=O)N1CCN(c2ccc(C=CC#N)cc2)CC1. The van der Waals surface area contributed by atoms with Crippen molar-refractivity contribution in [2.75, 3.05) is 31.1 Å². The van der Waals surface area contributed by atoms with Gasteiger partial charge < -0.3 is 14.5 Å². The number of carbonyl (C=O) groups excluding carboxylic acids is 1. The third kappa shape index (κ3) is 5.03. The zero-order chi connectivity index (χ0) is 16.9. The van der Waals surface area contributed by atoms with E-state index in [9.17, 15) is 4.79 Å². The standard InChI is InChI=1S/C18H23N3O2/c1-18(2,3)23-17(22)21-13-11-20(12-14-21)16-8-6-15(7-9-16)5-4-10-19/h4-9H,11-14H2,1-3H3. The highest BCUT2D eigenvalue weighted by molar-refractivity contribution is 5.68. The number of anilines is 1.